The minimum Gasteiger partial charge on any atom is -0.395 e. The Balaban J connectivity index is 2.16. The highest BCUT2D eigenvalue weighted by molar-refractivity contribution is 5.97. The molecule has 0 aliphatic heterocycles. The number of anilines is 1. The lowest BCUT2D eigenvalue weighted by molar-refractivity contribution is 0.0778. The summed E-state index contributed by atoms with van der Waals surface area (Å²) in [5.74, 6) is -0.0123. The zero-order valence-electron chi connectivity index (χ0n) is 12.8. The number of nitrogen functional groups attached to an aromatic ring is 1. The summed E-state index contributed by atoms with van der Waals surface area (Å²) in [6, 6.07) is 5.74. The Morgan fingerprint density at radius 1 is 1.43 bits per heavy atom. The molecule has 0 unspecified atom stereocenters. The topological polar surface area (TPSA) is 87.9 Å². The first-order valence-electron chi connectivity index (χ1n) is 6.92. The molecule has 2 heterocycles. The molecule has 21 heavy (non-hydrogen) atoms. The van der Waals surface area contributed by atoms with Gasteiger partial charge in [-0.2, -0.15) is 5.10 Å². The summed E-state index contributed by atoms with van der Waals surface area (Å²) >= 11 is 0. The zero-order chi connectivity index (χ0) is 15.6. The lowest BCUT2D eigenvalue weighted by atomic mass is 10.1. The van der Waals surface area contributed by atoms with Gasteiger partial charge in [-0.05, 0) is 25.0 Å². The molecule has 2 aromatic rings. The van der Waals surface area contributed by atoms with Gasteiger partial charge in [-0.25, -0.2) is 0 Å². The quantitative estimate of drug-likeness (QED) is 0.901. The van der Waals surface area contributed by atoms with Gasteiger partial charge in [-0.3, -0.25) is 14.9 Å². The first-order valence-corrected chi connectivity index (χ1v) is 6.92. The van der Waals surface area contributed by atoms with Crippen LogP contribution in [0.3, 0.4) is 0 Å². The van der Waals surface area contributed by atoms with E-state index in [4.69, 9.17) is 5.73 Å². The molecule has 0 aliphatic rings. The highest BCUT2D eigenvalue weighted by Crippen LogP contribution is 2.23. The fraction of sp³-hybridized carbons (Fsp3) is 0.400. The second-order valence-electron chi connectivity index (χ2n) is 5.49. The van der Waals surface area contributed by atoms with E-state index in [0.717, 1.165) is 17.1 Å². The Morgan fingerprint density at radius 2 is 2.14 bits per heavy atom. The number of hydrogen-bond donors (Lipinski definition) is 2. The summed E-state index contributed by atoms with van der Waals surface area (Å²) in [5.41, 5.74) is 9.26. The van der Waals surface area contributed by atoms with Gasteiger partial charge in [0.2, 0.25) is 0 Å². The number of aryl methyl sites for hydroxylation is 1. The Morgan fingerprint density at radius 3 is 2.71 bits per heavy atom. The molecule has 0 aliphatic carbocycles. The van der Waals surface area contributed by atoms with Gasteiger partial charge in [-0.1, -0.05) is 19.9 Å². The molecule has 2 aromatic heterocycles. The van der Waals surface area contributed by atoms with E-state index in [1.807, 2.05) is 39.0 Å². The smallest absolute Gasteiger partial charge is 0.276 e. The molecule has 1 amide bonds. The van der Waals surface area contributed by atoms with Crippen LogP contribution >= 0.6 is 0 Å². The van der Waals surface area contributed by atoms with Crippen LogP contribution in [0.5, 0.6) is 0 Å². The van der Waals surface area contributed by atoms with Crippen molar-refractivity contribution in [2.45, 2.75) is 33.2 Å². The van der Waals surface area contributed by atoms with Crippen molar-refractivity contribution in [1.82, 2.24) is 20.1 Å². The molecule has 0 aromatic carbocycles. The monoisotopic (exact) mass is 287 g/mol. The van der Waals surface area contributed by atoms with E-state index in [0.29, 0.717) is 12.2 Å². The maximum absolute atomic E-state index is 12.4. The number of rotatable bonds is 4. The van der Waals surface area contributed by atoms with E-state index in [2.05, 4.69) is 15.2 Å². The summed E-state index contributed by atoms with van der Waals surface area (Å²) in [4.78, 5) is 18.4. The third kappa shape index (κ3) is 3.21. The SMILES string of the molecule is Cc1cccc(CN(C)C(=O)c2n[nH]c(C(C)C)c2N)n1. The number of amides is 1. The molecule has 6 nitrogen and oxygen atoms in total. The van der Waals surface area contributed by atoms with Crippen molar-refractivity contribution in [3.8, 4) is 0 Å². The number of aromatic nitrogens is 3. The maximum atomic E-state index is 12.4. The van der Waals surface area contributed by atoms with Crippen LogP contribution in [0.15, 0.2) is 18.2 Å². The molecule has 0 fully saturated rings. The number of carbonyl (C=O) groups is 1. The van der Waals surface area contributed by atoms with Crippen molar-refractivity contribution in [1.29, 1.82) is 0 Å². The van der Waals surface area contributed by atoms with Crippen LogP contribution in [0.1, 0.15) is 47.3 Å². The Hall–Kier alpha value is -2.37. The summed E-state index contributed by atoms with van der Waals surface area (Å²) < 4.78 is 0. The van der Waals surface area contributed by atoms with E-state index in [1.165, 1.54) is 0 Å². The number of nitrogens with two attached hydrogens (primary N) is 1. The Bertz CT molecular complexity index is 647. The van der Waals surface area contributed by atoms with Crippen molar-refractivity contribution >= 4 is 11.6 Å². The van der Waals surface area contributed by atoms with Gasteiger partial charge in [0.1, 0.15) is 0 Å². The van der Waals surface area contributed by atoms with Gasteiger partial charge < -0.3 is 10.6 Å². The predicted molar refractivity (Wildman–Crippen MR) is 81.9 cm³/mol. The van der Waals surface area contributed by atoms with Crippen LogP contribution in [0.2, 0.25) is 0 Å². The number of carbonyl (C=O) groups excluding carboxylic acids is 1. The number of nitrogens with zero attached hydrogens (tertiary/aromatic N) is 3. The van der Waals surface area contributed by atoms with E-state index >= 15 is 0 Å². The number of hydrogen-bond acceptors (Lipinski definition) is 4. The Labute approximate surface area is 124 Å². The largest absolute Gasteiger partial charge is 0.395 e. The predicted octanol–water partition coefficient (Wildman–Crippen LogP) is 2.09. The fourth-order valence-corrected chi connectivity index (χ4v) is 2.15. The van der Waals surface area contributed by atoms with Crippen LogP contribution in [-0.4, -0.2) is 33.0 Å². The van der Waals surface area contributed by atoms with Gasteiger partial charge in [0.15, 0.2) is 5.69 Å². The average Bonchev–Trinajstić information content (AvgIpc) is 2.79. The summed E-state index contributed by atoms with van der Waals surface area (Å²) in [5, 5.41) is 6.90. The highest BCUT2D eigenvalue weighted by Gasteiger charge is 2.22. The van der Waals surface area contributed by atoms with Crippen molar-refractivity contribution in [3.63, 3.8) is 0 Å². The summed E-state index contributed by atoms with van der Waals surface area (Å²) in [6.07, 6.45) is 0. The standard InChI is InChI=1S/C15H21N5O/c1-9(2)13-12(16)14(19-18-13)15(21)20(4)8-11-7-5-6-10(3)17-11/h5-7,9H,8,16H2,1-4H3,(H,18,19). The zero-order valence-corrected chi connectivity index (χ0v) is 12.8. The van der Waals surface area contributed by atoms with Crippen molar-refractivity contribution in [2.24, 2.45) is 0 Å². The second kappa shape index (κ2) is 5.95. The lowest BCUT2D eigenvalue weighted by Gasteiger charge is -2.16. The van der Waals surface area contributed by atoms with Crippen molar-refractivity contribution < 1.29 is 4.79 Å². The van der Waals surface area contributed by atoms with E-state index in [-0.39, 0.29) is 17.5 Å². The van der Waals surface area contributed by atoms with Crippen LogP contribution < -0.4 is 5.73 Å². The van der Waals surface area contributed by atoms with Gasteiger partial charge >= 0.3 is 0 Å². The normalized spacial score (nSPS) is 10.9. The molecule has 3 N–H and O–H groups in total. The molecule has 6 heteroatoms. The molecule has 0 spiro atoms. The van der Waals surface area contributed by atoms with Gasteiger partial charge in [-0.15, -0.1) is 0 Å². The minimum atomic E-state index is -0.209. The van der Waals surface area contributed by atoms with Crippen LogP contribution in [-0.2, 0) is 6.54 Å². The second-order valence-corrected chi connectivity index (χ2v) is 5.49. The molecular weight excluding hydrogens is 266 g/mol. The number of nitrogens with one attached hydrogen (secondary N) is 1. The van der Waals surface area contributed by atoms with Gasteiger partial charge in [0.25, 0.3) is 5.91 Å². The number of aromatic amines is 1. The maximum Gasteiger partial charge on any atom is 0.276 e. The molecule has 112 valence electrons. The molecule has 0 saturated heterocycles. The first kappa shape index (κ1) is 15.0. The summed E-state index contributed by atoms with van der Waals surface area (Å²) in [6.45, 7) is 6.34. The third-order valence-corrected chi connectivity index (χ3v) is 3.31. The first-order chi connectivity index (χ1) is 9.90. The third-order valence-electron chi connectivity index (χ3n) is 3.31. The van der Waals surface area contributed by atoms with E-state index < -0.39 is 0 Å². The molecular formula is C15H21N5O. The minimum absolute atomic E-state index is 0.197. The molecule has 0 radical (unpaired) electrons. The summed E-state index contributed by atoms with van der Waals surface area (Å²) in [7, 11) is 1.72. The van der Waals surface area contributed by atoms with Crippen LogP contribution in [0.4, 0.5) is 5.69 Å². The van der Waals surface area contributed by atoms with E-state index in [9.17, 15) is 4.79 Å². The molecule has 0 bridgehead atoms. The van der Waals surface area contributed by atoms with Gasteiger partial charge in [0.05, 0.1) is 23.6 Å². The van der Waals surface area contributed by atoms with Gasteiger partial charge in [0, 0.05) is 12.7 Å². The molecule has 2 rings (SSSR count). The lowest BCUT2D eigenvalue weighted by Crippen LogP contribution is -2.27. The van der Waals surface area contributed by atoms with Crippen LogP contribution in [0, 0.1) is 6.92 Å². The molecule has 0 saturated carbocycles. The van der Waals surface area contributed by atoms with Crippen molar-refractivity contribution in [2.75, 3.05) is 12.8 Å². The van der Waals surface area contributed by atoms with E-state index in [1.54, 1.807) is 11.9 Å². The number of pyridine rings is 1. The fourth-order valence-electron chi connectivity index (χ4n) is 2.15. The molecule has 0 atom stereocenters. The number of H-pyrrole nitrogens is 1. The van der Waals surface area contributed by atoms with Crippen molar-refractivity contribution in [3.05, 3.63) is 41.0 Å². The highest BCUT2D eigenvalue weighted by atomic mass is 16.2. The average molecular weight is 287 g/mol. The van der Waals surface area contributed by atoms with Crippen LogP contribution in [0.25, 0.3) is 0 Å². The Kier molecular flexibility index (Phi) is 4.26.